The van der Waals surface area contributed by atoms with Crippen molar-refractivity contribution >= 4 is 5.78 Å². The number of carbonyl (C=O) groups is 1. The standard InChI is InChI=1S/C10H18O/c1-5-10(9(4)11)7-6-8(2)3/h10H,2,5-7H2,1,3-4H3. The average molecular weight is 154 g/mol. The summed E-state index contributed by atoms with van der Waals surface area (Å²) < 4.78 is 0. The van der Waals surface area contributed by atoms with Gasteiger partial charge in [0.25, 0.3) is 0 Å². The summed E-state index contributed by atoms with van der Waals surface area (Å²) in [7, 11) is 0. The molecule has 0 aromatic carbocycles. The molecule has 0 bridgehead atoms. The summed E-state index contributed by atoms with van der Waals surface area (Å²) in [5.41, 5.74) is 1.17. The molecule has 0 rings (SSSR count). The monoisotopic (exact) mass is 154 g/mol. The Morgan fingerprint density at radius 2 is 2.00 bits per heavy atom. The van der Waals surface area contributed by atoms with Crippen LogP contribution in [0.4, 0.5) is 0 Å². The maximum absolute atomic E-state index is 11.0. The Morgan fingerprint density at radius 3 is 2.27 bits per heavy atom. The van der Waals surface area contributed by atoms with E-state index in [-0.39, 0.29) is 5.92 Å². The first-order chi connectivity index (χ1) is 5.07. The van der Waals surface area contributed by atoms with Crippen LogP contribution in [-0.2, 0) is 4.79 Å². The minimum Gasteiger partial charge on any atom is -0.300 e. The summed E-state index contributed by atoms with van der Waals surface area (Å²) >= 11 is 0. The van der Waals surface area contributed by atoms with Gasteiger partial charge in [-0.1, -0.05) is 12.5 Å². The van der Waals surface area contributed by atoms with Crippen LogP contribution in [0.1, 0.15) is 40.0 Å². The maximum atomic E-state index is 11.0. The lowest BCUT2D eigenvalue weighted by molar-refractivity contribution is -0.121. The highest BCUT2D eigenvalue weighted by Crippen LogP contribution is 2.14. The zero-order chi connectivity index (χ0) is 8.85. The predicted molar refractivity (Wildman–Crippen MR) is 48.5 cm³/mol. The van der Waals surface area contributed by atoms with E-state index in [1.54, 1.807) is 6.92 Å². The normalized spacial score (nSPS) is 12.6. The van der Waals surface area contributed by atoms with E-state index in [0.717, 1.165) is 19.3 Å². The minimum atomic E-state index is 0.256. The van der Waals surface area contributed by atoms with Gasteiger partial charge in [-0.3, -0.25) is 4.79 Å². The van der Waals surface area contributed by atoms with Gasteiger partial charge in [0.1, 0.15) is 5.78 Å². The summed E-state index contributed by atoms with van der Waals surface area (Å²) in [4.78, 5) is 11.0. The third-order valence-corrected chi connectivity index (χ3v) is 1.99. The third kappa shape index (κ3) is 4.77. The fourth-order valence-corrected chi connectivity index (χ4v) is 1.12. The van der Waals surface area contributed by atoms with E-state index in [1.165, 1.54) is 5.57 Å². The van der Waals surface area contributed by atoms with E-state index >= 15 is 0 Å². The van der Waals surface area contributed by atoms with Crippen LogP contribution in [0, 0.1) is 5.92 Å². The Labute approximate surface area is 69.5 Å². The minimum absolute atomic E-state index is 0.256. The predicted octanol–water partition coefficient (Wildman–Crippen LogP) is 2.96. The molecule has 0 saturated carbocycles. The molecule has 0 N–H and O–H groups in total. The van der Waals surface area contributed by atoms with Crippen LogP contribution in [-0.4, -0.2) is 5.78 Å². The lowest BCUT2D eigenvalue weighted by Crippen LogP contribution is -2.09. The van der Waals surface area contributed by atoms with Crippen LogP contribution in [0.25, 0.3) is 0 Å². The van der Waals surface area contributed by atoms with Gasteiger partial charge in [0.15, 0.2) is 0 Å². The van der Waals surface area contributed by atoms with E-state index in [2.05, 4.69) is 13.5 Å². The number of Topliss-reactive ketones (excluding diaryl/α,β-unsaturated/α-hetero) is 1. The maximum Gasteiger partial charge on any atom is 0.132 e. The average Bonchev–Trinajstić information content (AvgIpc) is 1.87. The molecule has 1 nitrogen and oxygen atoms in total. The van der Waals surface area contributed by atoms with Crippen molar-refractivity contribution < 1.29 is 4.79 Å². The lowest BCUT2D eigenvalue weighted by atomic mass is 9.95. The van der Waals surface area contributed by atoms with Crippen molar-refractivity contribution in [2.75, 3.05) is 0 Å². The van der Waals surface area contributed by atoms with Crippen LogP contribution < -0.4 is 0 Å². The molecule has 0 aromatic heterocycles. The highest BCUT2D eigenvalue weighted by atomic mass is 16.1. The van der Waals surface area contributed by atoms with Gasteiger partial charge in [0.2, 0.25) is 0 Å². The largest absolute Gasteiger partial charge is 0.300 e. The fraction of sp³-hybridized carbons (Fsp3) is 0.700. The number of allylic oxidation sites excluding steroid dienone is 1. The molecule has 0 heterocycles. The number of hydrogen-bond acceptors (Lipinski definition) is 1. The van der Waals surface area contributed by atoms with Crippen LogP contribution in [0.15, 0.2) is 12.2 Å². The quantitative estimate of drug-likeness (QED) is 0.556. The van der Waals surface area contributed by atoms with Gasteiger partial charge in [-0.25, -0.2) is 0 Å². The zero-order valence-electron chi connectivity index (χ0n) is 7.81. The molecule has 1 heteroatoms. The molecular formula is C10H18O. The Bertz CT molecular complexity index is 147. The summed E-state index contributed by atoms with van der Waals surface area (Å²) in [6.45, 7) is 9.55. The van der Waals surface area contributed by atoms with Crippen LogP contribution in [0.5, 0.6) is 0 Å². The van der Waals surface area contributed by atoms with E-state index in [4.69, 9.17) is 0 Å². The first kappa shape index (κ1) is 10.4. The smallest absolute Gasteiger partial charge is 0.132 e. The number of carbonyl (C=O) groups excluding carboxylic acids is 1. The fourth-order valence-electron chi connectivity index (χ4n) is 1.12. The molecule has 0 aliphatic heterocycles. The number of rotatable bonds is 5. The van der Waals surface area contributed by atoms with Crippen molar-refractivity contribution in [3.63, 3.8) is 0 Å². The van der Waals surface area contributed by atoms with Gasteiger partial charge < -0.3 is 0 Å². The highest BCUT2D eigenvalue weighted by Gasteiger charge is 2.10. The molecule has 0 radical (unpaired) electrons. The van der Waals surface area contributed by atoms with Gasteiger partial charge in [0.05, 0.1) is 0 Å². The van der Waals surface area contributed by atoms with Crippen molar-refractivity contribution in [3.05, 3.63) is 12.2 Å². The third-order valence-electron chi connectivity index (χ3n) is 1.99. The second-order valence-corrected chi connectivity index (χ2v) is 3.21. The highest BCUT2D eigenvalue weighted by molar-refractivity contribution is 5.78. The molecule has 11 heavy (non-hydrogen) atoms. The zero-order valence-corrected chi connectivity index (χ0v) is 7.81. The van der Waals surface area contributed by atoms with Gasteiger partial charge >= 0.3 is 0 Å². The molecule has 0 aliphatic carbocycles. The number of hydrogen-bond donors (Lipinski definition) is 0. The van der Waals surface area contributed by atoms with E-state index in [0.29, 0.717) is 5.78 Å². The van der Waals surface area contributed by atoms with Crippen LogP contribution >= 0.6 is 0 Å². The summed E-state index contributed by atoms with van der Waals surface area (Å²) in [6, 6.07) is 0. The second kappa shape index (κ2) is 5.11. The first-order valence-electron chi connectivity index (χ1n) is 4.22. The van der Waals surface area contributed by atoms with Crippen molar-refractivity contribution in [2.24, 2.45) is 5.92 Å². The van der Waals surface area contributed by atoms with Crippen molar-refractivity contribution in [3.8, 4) is 0 Å². The second-order valence-electron chi connectivity index (χ2n) is 3.21. The van der Waals surface area contributed by atoms with Gasteiger partial charge in [-0.2, -0.15) is 0 Å². The van der Waals surface area contributed by atoms with Crippen molar-refractivity contribution in [2.45, 2.75) is 40.0 Å². The number of ketones is 1. The Kier molecular flexibility index (Phi) is 4.84. The molecule has 0 saturated heterocycles. The Morgan fingerprint density at radius 1 is 1.45 bits per heavy atom. The molecule has 0 aromatic rings. The topological polar surface area (TPSA) is 17.1 Å². The molecule has 0 fully saturated rings. The van der Waals surface area contributed by atoms with Crippen LogP contribution in [0.3, 0.4) is 0 Å². The summed E-state index contributed by atoms with van der Waals surface area (Å²) in [6.07, 6.45) is 2.92. The van der Waals surface area contributed by atoms with Gasteiger partial charge in [0, 0.05) is 5.92 Å². The molecule has 64 valence electrons. The molecular weight excluding hydrogens is 136 g/mol. The van der Waals surface area contributed by atoms with Crippen molar-refractivity contribution in [1.82, 2.24) is 0 Å². The van der Waals surface area contributed by atoms with Gasteiger partial charge in [-0.05, 0) is 33.1 Å². The SMILES string of the molecule is C=C(C)CCC(CC)C(C)=O. The lowest BCUT2D eigenvalue weighted by Gasteiger charge is -2.09. The first-order valence-corrected chi connectivity index (χ1v) is 4.22. The molecule has 1 atom stereocenters. The summed E-state index contributed by atoms with van der Waals surface area (Å²) in [5, 5.41) is 0. The summed E-state index contributed by atoms with van der Waals surface area (Å²) in [5.74, 6) is 0.570. The van der Waals surface area contributed by atoms with E-state index < -0.39 is 0 Å². The Hall–Kier alpha value is -0.590. The van der Waals surface area contributed by atoms with Crippen molar-refractivity contribution in [1.29, 1.82) is 0 Å². The molecule has 1 unspecified atom stereocenters. The van der Waals surface area contributed by atoms with Gasteiger partial charge in [-0.15, -0.1) is 6.58 Å². The van der Waals surface area contributed by atoms with E-state index in [9.17, 15) is 4.79 Å². The van der Waals surface area contributed by atoms with E-state index in [1.807, 2.05) is 6.92 Å². The molecule has 0 spiro atoms. The molecule has 0 amide bonds. The Balaban J connectivity index is 3.70. The molecule has 0 aliphatic rings. The van der Waals surface area contributed by atoms with Crippen LogP contribution in [0.2, 0.25) is 0 Å².